The van der Waals surface area contributed by atoms with Crippen LogP contribution in [0.5, 0.6) is 0 Å². The number of benzene rings is 1. The van der Waals surface area contributed by atoms with E-state index in [0.29, 0.717) is 0 Å². The topological polar surface area (TPSA) is 20.5 Å². The van der Waals surface area contributed by atoms with E-state index in [1.807, 2.05) is 11.3 Å². The molecule has 1 aliphatic rings. The molecule has 3 nitrogen and oxygen atoms in total. The third-order valence-electron chi connectivity index (χ3n) is 4.03. The molecule has 0 saturated heterocycles. The van der Waals surface area contributed by atoms with Gasteiger partial charge in [0.25, 0.3) is 0 Å². The summed E-state index contributed by atoms with van der Waals surface area (Å²) in [4.78, 5) is 6.80. The Morgan fingerprint density at radius 1 is 1.09 bits per heavy atom. The number of anilines is 1. The van der Waals surface area contributed by atoms with Crippen molar-refractivity contribution in [3.8, 4) is 0 Å². The van der Waals surface area contributed by atoms with Gasteiger partial charge in [0.2, 0.25) is 0 Å². The number of hydrogen-bond acceptors (Lipinski definition) is 3. The number of aryl methyl sites for hydroxylation is 2. The monoisotopic (exact) mass is 325 g/mol. The van der Waals surface area contributed by atoms with E-state index in [1.165, 1.54) is 17.8 Å². The summed E-state index contributed by atoms with van der Waals surface area (Å²) in [5, 5.41) is 2.13. The van der Waals surface area contributed by atoms with Crippen LogP contribution in [0, 0.1) is 19.7 Å². The minimum Gasteiger partial charge on any atom is -0.329 e. The van der Waals surface area contributed by atoms with Gasteiger partial charge in [-0.25, -0.2) is 9.37 Å². The van der Waals surface area contributed by atoms with Gasteiger partial charge in [-0.05, 0) is 43.5 Å². The molecule has 1 aromatic carbocycles. The Morgan fingerprint density at radius 2 is 1.87 bits per heavy atom. The fraction of sp³-hybridized carbons (Fsp3) is 0.167. The summed E-state index contributed by atoms with van der Waals surface area (Å²) in [6.45, 7) is 4.05. The summed E-state index contributed by atoms with van der Waals surface area (Å²) >= 11 is 1.74. The van der Waals surface area contributed by atoms with Crippen molar-refractivity contribution >= 4 is 28.8 Å². The van der Waals surface area contributed by atoms with E-state index in [-0.39, 0.29) is 5.82 Å². The third kappa shape index (κ3) is 2.41. The second-order valence-corrected chi connectivity index (χ2v) is 6.51. The highest BCUT2D eigenvalue weighted by molar-refractivity contribution is 8.02. The van der Waals surface area contributed by atoms with Crippen LogP contribution in [0.1, 0.15) is 17.0 Å². The van der Waals surface area contributed by atoms with Crippen molar-refractivity contribution in [3.63, 3.8) is 0 Å². The molecule has 116 valence electrons. The van der Waals surface area contributed by atoms with Crippen molar-refractivity contribution in [2.75, 3.05) is 10.8 Å². The minimum atomic E-state index is -0.260. The van der Waals surface area contributed by atoms with Crippen LogP contribution in [0.3, 0.4) is 0 Å². The number of fused-ring (bicyclic) bond motifs is 1. The Morgan fingerprint density at radius 3 is 2.65 bits per heavy atom. The summed E-state index contributed by atoms with van der Waals surface area (Å²) in [6.07, 6.45) is 1.50. The van der Waals surface area contributed by atoms with E-state index < -0.39 is 0 Å². The summed E-state index contributed by atoms with van der Waals surface area (Å²) in [7, 11) is 0. The van der Waals surface area contributed by atoms with Crippen LogP contribution in [-0.2, 0) is 0 Å². The molecule has 0 saturated carbocycles. The Bertz CT molecular complexity index is 912. The van der Waals surface area contributed by atoms with Crippen molar-refractivity contribution < 1.29 is 4.39 Å². The normalized spacial score (nSPS) is 14.6. The van der Waals surface area contributed by atoms with Gasteiger partial charge in [-0.15, -0.1) is 11.8 Å². The number of halogens is 1. The molecule has 0 spiro atoms. The molecule has 3 aromatic rings. The van der Waals surface area contributed by atoms with Gasteiger partial charge in [0.15, 0.2) is 0 Å². The van der Waals surface area contributed by atoms with E-state index in [1.54, 1.807) is 17.8 Å². The first-order chi connectivity index (χ1) is 11.1. The highest BCUT2D eigenvalue weighted by atomic mass is 32.2. The lowest BCUT2D eigenvalue weighted by Crippen LogP contribution is -2.18. The Kier molecular flexibility index (Phi) is 3.38. The molecule has 4 rings (SSSR count). The van der Waals surface area contributed by atoms with Gasteiger partial charge >= 0.3 is 0 Å². The molecule has 0 fully saturated rings. The lowest BCUT2D eigenvalue weighted by Gasteiger charge is -2.22. The molecule has 23 heavy (non-hydrogen) atoms. The van der Waals surface area contributed by atoms with Crippen LogP contribution in [0.15, 0.2) is 48.0 Å². The Balaban J connectivity index is 1.84. The predicted octanol–water partition coefficient (Wildman–Crippen LogP) is 4.60. The molecule has 5 heteroatoms. The number of thioether (sulfide) groups is 1. The van der Waals surface area contributed by atoms with E-state index >= 15 is 0 Å². The molecule has 0 unspecified atom stereocenters. The molecular formula is C18H16FN3S. The average Bonchev–Trinajstić information content (AvgIpc) is 3.11. The van der Waals surface area contributed by atoms with Gasteiger partial charge in [0.1, 0.15) is 11.5 Å². The van der Waals surface area contributed by atoms with Gasteiger partial charge in [-0.2, -0.15) is 0 Å². The zero-order chi connectivity index (χ0) is 16.0. The minimum absolute atomic E-state index is 0.260. The molecule has 2 aromatic heterocycles. The van der Waals surface area contributed by atoms with Crippen molar-refractivity contribution in [3.05, 3.63) is 70.8 Å². The fourth-order valence-corrected chi connectivity index (χ4v) is 3.80. The van der Waals surface area contributed by atoms with Crippen LogP contribution < -0.4 is 4.90 Å². The molecule has 0 bridgehead atoms. The van der Waals surface area contributed by atoms with Crippen LogP contribution >= 0.6 is 11.8 Å². The van der Waals surface area contributed by atoms with Gasteiger partial charge < -0.3 is 4.90 Å². The van der Waals surface area contributed by atoms with E-state index in [4.69, 9.17) is 0 Å². The summed E-state index contributed by atoms with van der Waals surface area (Å²) < 4.78 is 15.5. The Labute approximate surface area is 138 Å². The van der Waals surface area contributed by atoms with Gasteiger partial charge in [0.05, 0.1) is 23.0 Å². The SMILES string of the molecule is Cc1ccc(N2CSC=C2c2c(C)nc3ccc(F)cn23)cc1. The highest BCUT2D eigenvalue weighted by Crippen LogP contribution is 2.37. The van der Waals surface area contributed by atoms with Crippen molar-refractivity contribution in [1.82, 2.24) is 9.38 Å². The van der Waals surface area contributed by atoms with E-state index in [2.05, 4.69) is 46.5 Å². The first-order valence-corrected chi connectivity index (χ1v) is 8.49. The molecule has 0 amide bonds. The van der Waals surface area contributed by atoms with Gasteiger partial charge in [0, 0.05) is 11.9 Å². The molecule has 3 heterocycles. The average molecular weight is 325 g/mol. The number of aromatic nitrogens is 2. The quantitative estimate of drug-likeness (QED) is 0.687. The van der Waals surface area contributed by atoms with Crippen LogP contribution in [-0.4, -0.2) is 15.3 Å². The molecule has 0 atom stereocenters. The van der Waals surface area contributed by atoms with Gasteiger partial charge in [-0.1, -0.05) is 17.7 Å². The van der Waals surface area contributed by atoms with Crippen LogP contribution in [0.4, 0.5) is 10.1 Å². The van der Waals surface area contributed by atoms with Crippen LogP contribution in [0.25, 0.3) is 11.3 Å². The zero-order valence-electron chi connectivity index (χ0n) is 13.0. The van der Waals surface area contributed by atoms with Crippen LogP contribution in [0.2, 0.25) is 0 Å². The number of pyridine rings is 1. The summed E-state index contributed by atoms with van der Waals surface area (Å²) in [5.74, 6) is 0.588. The standard InChI is InChI=1S/C18H16FN3S/c1-12-3-6-15(7-4-12)22-11-23-10-16(22)18-13(2)20-17-8-5-14(19)9-21(17)18/h3-10H,11H2,1-2H3. The largest absolute Gasteiger partial charge is 0.329 e. The van der Waals surface area contributed by atoms with Crippen molar-refractivity contribution in [2.45, 2.75) is 13.8 Å². The molecular weight excluding hydrogens is 309 g/mol. The highest BCUT2D eigenvalue weighted by Gasteiger charge is 2.24. The maximum atomic E-state index is 13.7. The zero-order valence-corrected chi connectivity index (χ0v) is 13.8. The number of hydrogen-bond donors (Lipinski definition) is 0. The predicted molar refractivity (Wildman–Crippen MR) is 94.0 cm³/mol. The molecule has 0 N–H and O–H groups in total. The number of rotatable bonds is 2. The smallest absolute Gasteiger partial charge is 0.139 e. The first-order valence-electron chi connectivity index (χ1n) is 7.44. The van der Waals surface area contributed by atoms with Crippen molar-refractivity contribution in [1.29, 1.82) is 0 Å². The fourth-order valence-electron chi connectivity index (χ4n) is 2.89. The summed E-state index contributed by atoms with van der Waals surface area (Å²) in [6, 6.07) is 11.6. The third-order valence-corrected chi connectivity index (χ3v) is 4.83. The van der Waals surface area contributed by atoms with E-state index in [9.17, 15) is 4.39 Å². The van der Waals surface area contributed by atoms with Crippen molar-refractivity contribution in [2.24, 2.45) is 0 Å². The maximum absolute atomic E-state index is 13.7. The molecule has 0 radical (unpaired) electrons. The van der Waals surface area contributed by atoms with E-state index in [0.717, 1.165) is 34.3 Å². The molecule has 1 aliphatic heterocycles. The number of nitrogens with zero attached hydrogens (tertiary/aromatic N) is 3. The number of imidazole rings is 1. The second kappa shape index (κ2) is 5.42. The Hall–Kier alpha value is -2.27. The lowest BCUT2D eigenvalue weighted by molar-refractivity contribution is 0.619. The molecule has 0 aliphatic carbocycles. The summed E-state index contributed by atoms with van der Waals surface area (Å²) in [5.41, 5.74) is 6.05. The lowest BCUT2D eigenvalue weighted by atomic mass is 10.2. The van der Waals surface area contributed by atoms with Gasteiger partial charge in [-0.3, -0.25) is 4.40 Å². The second-order valence-electron chi connectivity index (χ2n) is 5.68. The maximum Gasteiger partial charge on any atom is 0.139 e. The first kappa shape index (κ1) is 14.3.